The molecule has 0 aliphatic heterocycles. The van der Waals surface area contributed by atoms with Crippen LogP contribution in [0.3, 0.4) is 0 Å². The van der Waals surface area contributed by atoms with Gasteiger partial charge in [-0.05, 0) is 36.8 Å². The Balaban J connectivity index is 1.83. The molecule has 6 amide bonds. The van der Waals surface area contributed by atoms with E-state index in [1.807, 2.05) is 0 Å². The minimum atomic E-state index is -1.80. The van der Waals surface area contributed by atoms with Crippen molar-refractivity contribution in [3.8, 4) is 0 Å². The Morgan fingerprint density at radius 2 is 0.975 bits per heavy atom. The summed E-state index contributed by atoms with van der Waals surface area (Å²) < 4.78 is 10.8. The Morgan fingerprint density at radius 3 is 1.25 bits per heavy atom. The quantitative estimate of drug-likeness (QED) is 0.372. The van der Waals surface area contributed by atoms with Crippen LogP contribution in [0.4, 0.5) is 19.2 Å². The van der Waals surface area contributed by atoms with Crippen LogP contribution in [0.2, 0.25) is 0 Å². The molecule has 4 atom stereocenters. The van der Waals surface area contributed by atoms with Gasteiger partial charge in [0.2, 0.25) is 0 Å². The van der Waals surface area contributed by atoms with Gasteiger partial charge in [0.1, 0.15) is 12.2 Å². The van der Waals surface area contributed by atoms with Crippen LogP contribution in [-0.2, 0) is 19.1 Å². The van der Waals surface area contributed by atoms with Gasteiger partial charge in [0.25, 0.3) is 0 Å². The second kappa shape index (κ2) is 13.1. The van der Waals surface area contributed by atoms with Crippen molar-refractivity contribution in [1.82, 2.24) is 9.80 Å². The fourth-order valence-corrected chi connectivity index (χ4v) is 4.43. The van der Waals surface area contributed by atoms with Crippen LogP contribution >= 0.6 is 0 Å². The van der Waals surface area contributed by atoms with Crippen molar-refractivity contribution in [2.24, 2.45) is 11.5 Å². The van der Waals surface area contributed by atoms with Gasteiger partial charge in [-0.1, -0.05) is 60.7 Å². The highest BCUT2D eigenvalue weighted by Crippen LogP contribution is 2.29. The number of carbonyl (C=O) groups excluding carboxylic acids is 4. The summed E-state index contributed by atoms with van der Waals surface area (Å²) in [4.78, 5) is 75.0. The van der Waals surface area contributed by atoms with Crippen molar-refractivity contribution in [3.05, 3.63) is 71.8 Å². The Kier molecular flexibility index (Phi) is 9.62. The number of hydrogen-bond acceptors (Lipinski definition) is 8. The van der Waals surface area contributed by atoms with Gasteiger partial charge in [-0.2, -0.15) is 0 Å². The number of ether oxygens (including phenoxy) is 2. The van der Waals surface area contributed by atoms with Crippen LogP contribution in [-0.4, -0.2) is 68.4 Å². The molecule has 4 unspecified atom stereocenters. The second-order valence-corrected chi connectivity index (χ2v) is 8.85. The lowest BCUT2D eigenvalue weighted by Gasteiger charge is -2.34. The first-order valence-corrected chi connectivity index (χ1v) is 12.2. The van der Waals surface area contributed by atoms with Crippen LogP contribution in [0, 0.1) is 0 Å². The predicted octanol–water partition coefficient (Wildman–Crippen LogP) is 2.98. The van der Waals surface area contributed by atoms with Gasteiger partial charge in [0.05, 0.1) is 0 Å². The average molecular weight is 557 g/mol. The van der Waals surface area contributed by atoms with Crippen molar-refractivity contribution >= 4 is 36.2 Å². The molecule has 212 valence electrons. The molecule has 6 N–H and O–H groups in total. The number of aliphatic carboxylic acids is 2. The lowest BCUT2D eigenvalue weighted by atomic mass is 9.94. The molecule has 0 aromatic heterocycles. The molecule has 0 spiro atoms. The number of amides is 6. The van der Waals surface area contributed by atoms with E-state index in [0.29, 0.717) is 12.8 Å². The third kappa shape index (κ3) is 6.83. The van der Waals surface area contributed by atoms with E-state index < -0.39 is 60.5 Å². The first-order chi connectivity index (χ1) is 19.0. The molecule has 0 heterocycles. The van der Waals surface area contributed by atoms with Gasteiger partial charge >= 0.3 is 36.2 Å². The van der Waals surface area contributed by atoms with Crippen molar-refractivity contribution in [2.75, 3.05) is 0 Å². The van der Waals surface area contributed by atoms with Crippen LogP contribution in [0.1, 0.15) is 48.9 Å². The van der Waals surface area contributed by atoms with Crippen LogP contribution < -0.4 is 11.5 Å². The topological polar surface area (TPSA) is 220 Å². The average Bonchev–Trinajstić information content (AvgIpc) is 2.91. The minimum Gasteiger partial charge on any atom is -0.479 e. The Labute approximate surface area is 228 Å². The summed E-state index contributed by atoms with van der Waals surface area (Å²) in [6.45, 7) is 0. The van der Waals surface area contributed by atoms with Gasteiger partial charge in [-0.15, -0.1) is 0 Å². The van der Waals surface area contributed by atoms with Gasteiger partial charge in [0, 0.05) is 0 Å². The highest BCUT2D eigenvalue weighted by Gasteiger charge is 2.42. The number of rotatable bonds is 8. The maximum absolute atomic E-state index is 13.1. The second-order valence-electron chi connectivity index (χ2n) is 8.85. The molecule has 14 heteroatoms. The number of nitrogens with two attached hydrogens (primary N) is 2. The number of hydrogen-bond donors (Lipinski definition) is 4. The molecule has 0 bridgehead atoms. The first-order valence-electron chi connectivity index (χ1n) is 12.2. The first kappa shape index (κ1) is 29.4. The largest absolute Gasteiger partial charge is 0.479 e. The number of carbonyl (C=O) groups is 6. The monoisotopic (exact) mass is 556 g/mol. The molecule has 2 aromatic carbocycles. The summed E-state index contributed by atoms with van der Waals surface area (Å²) in [7, 11) is 0. The smallest absolute Gasteiger partial charge is 0.419 e. The van der Waals surface area contributed by atoms with E-state index in [0.717, 1.165) is 0 Å². The predicted molar refractivity (Wildman–Crippen MR) is 135 cm³/mol. The fraction of sp³-hybridized carbons (Fsp3) is 0.308. The standard InChI is InChI=1S/C26H28N4O10/c27-23(35)29(19(21(31)32)15-9-3-1-4-10-15)25(37)39-17-13-7-8-14-18(17)40-26(38)30(24(28)36)20(22(33)34)16-11-5-2-6-12-16/h1-6,9-12,17-20H,7-8,13-14H2,(H2,27,35)(H2,28,36)(H,31,32)(H,33,34). The molecule has 3 rings (SSSR count). The summed E-state index contributed by atoms with van der Waals surface area (Å²) in [5.74, 6) is -3.10. The van der Waals surface area contributed by atoms with E-state index in [4.69, 9.17) is 20.9 Å². The number of nitrogens with zero attached hydrogens (tertiary/aromatic N) is 2. The number of primary amides is 2. The van der Waals surface area contributed by atoms with E-state index in [1.54, 1.807) is 12.1 Å². The number of imide groups is 2. The van der Waals surface area contributed by atoms with E-state index >= 15 is 0 Å². The number of benzene rings is 2. The Bertz CT molecular complexity index is 1160. The van der Waals surface area contributed by atoms with Gasteiger partial charge in [-0.3, -0.25) is 0 Å². The van der Waals surface area contributed by atoms with Crippen molar-refractivity contribution in [1.29, 1.82) is 0 Å². The molecule has 14 nitrogen and oxygen atoms in total. The highest BCUT2D eigenvalue weighted by atomic mass is 16.6. The highest BCUT2D eigenvalue weighted by molar-refractivity contribution is 5.96. The van der Waals surface area contributed by atoms with Crippen molar-refractivity contribution in [2.45, 2.75) is 50.0 Å². The zero-order valence-electron chi connectivity index (χ0n) is 21.1. The zero-order valence-corrected chi connectivity index (χ0v) is 21.1. The molecule has 40 heavy (non-hydrogen) atoms. The van der Waals surface area contributed by atoms with E-state index in [-0.39, 0.29) is 33.8 Å². The molecule has 1 aliphatic rings. The lowest BCUT2D eigenvalue weighted by Crippen LogP contribution is -2.51. The molecule has 1 saturated carbocycles. The molecule has 0 saturated heterocycles. The van der Waals surface area contributed by atoms with Gasteiger partial charge in [-0.25, -0.2) is 38.6 Å². The molecule has 0 radical (unpaired) electrons. The normalized spacial score (nSPS) is 17.9. The number of carboxylic acids is 2. The summed E-state index contributed by atoms with van der Waals surface area (Å²) in [5.41, 5.74) is 10.9. The van der Waals surface area contributed by atoms with Crippen molar-refractivity contribution in [3.63, 3.8) is 0 Å². The summed E-state index contributed by atoms with van der Waals surface area (Å²) in [6.07, 6.45) is -3.80. The maximum atomic E-state index is 13.1. The van der Waals surface area contributed by atoms with E-state index in [9.17, 15) is 39.0 Å². The maximum Gasteiger partial charge on any atom is 0.419 e. The van der Waals surface area contributed by atoms with E-state index in [2.05, 4.69) is 0 Å². The SMILES string of the molecule is NC(=O)N(C(=O)OC1CCCCC1OC(=O)N(C(N)=O)C(C(=O)O)c1ccccc1)C(C(=O)O)c1ccccc1. The zero-order chi connectivity index (χ0) is 29.4. The number of carboxylic acid groups (broad SMARTS) is 2. The molecule has 1 aliphatic carbocycles. The summed E-state index contributed by atoms with van der Waals surface area (Å²) in [5, 5.41) is 19.5. The third-order valence-corrected chi connectivity index (χ3v) is 6.23. The van der Waals surface area contributed by atoms with Crippen LogP contribution in [0.15, 0.2) is 60.7 Å². The Morgan fingerprint density at radius 1 is 0.650 bits per heavy atom. The number of urea groups is 2. The Hall–Kier alpha value is -5.14. The van der Waals surface area contributed by atoms with Crippen LogP contribution in [0.5, 0.6) is 0 Å². The van der Waals surface area contributed by atoms with E-state index in [1.165, 1.54) is 48.5 Å². The van der Waals surface area contributed by atoms with Crippen LogP contribution in [0.25, 0.3) is 0 Å². The molecule has 2 aromatic rings. The third-order valence-electron chi connectivity index (χ3n) is 6.23. The minimum absolute atomic E-state index is 0.0788. The molecular formula is C26H28N4O10. The lowest BCUT2D eigenvalue weighted by molar-refractivity contribution is -0.143. The molecule has 1 fully saturated rings. The van der Waals surface area contributed by atoms with Crippen molar-refractivity contribution < 1.29 is 48.5 Å². The fourth-order valence-electron chi connectivity index (χ4n) is 4.43. The van der Waals surface area contributed by atoms with Gasteiger partial charge < -0.3 is 31.2 Å². The molecular weight excluding hydrogens is 528 g/mol. The van der Waals surface area contributed by atoms with Gasteiger partial charge in [0.15, 0.2) is 12.1 Å². The summed E-state index contributed by atoms with van der Waals surface area (Å²) >= 11 is 0. The summed E-state index contributed by atoms with van der Waals surface area (Å²) in [6, 6.07) is 8.42.